The largest absolute Gasteiger partial charge is 0.508 e. The molecule has 22 heavy (non-hydrogen) atoms. The summed E-state index contributed by atoms with van der Waals surface area (Å²) in [6.07, 6.45) is 1.62. The number of hydrogen-bond acceptors (Lipinski definition) is 7. The first kappa shape index (κ1) is 15.6. The molecule has 0 bridgehead atoms. The first-order valence-corrected chi connectivity index (χ1v) is 6.77. The first-order valence-electron chi connectivity index (χ1n) is 6.77. The van der Waals surface area contributed by atoms with Gasteiger partial charge in [0.25, 0.3) is 0 Å². The molecule has 0 saturated carbocycles. The number of hydrogen-bond donors (Lipinski definition) is 2. The van der Waals surface area contributed by atoms with E-state index in [0.717, 1.165) is 11.4 Å². The number of aromatic nitrogens is 2. The molecule has 0 saturated heterocycles. The third-order valence-corrected chi connectivity index (χ3v) is 2.82. The average Bonchev–Trinajstić information content (AvgIpc) is 2.47. The van der Waals surface area contributed by atoms with Crippen LogP contribution in [0.25, 0.3) is 0 Å². The number of phenolic OH excluding ortho intramolecular Hbond substituents is 1. The Labute approximate surface area is 129 Å². The Morgan fingerprint density at radius 3 is 2.50 bits per heavy atom. The molecule has 0 atom stereocenters. The number of rotatable bonds is 5. The zero-order valence-electron chi connectivity index (χ0n) is 13.1. The van der Waals surface area contributed by atoms with Gasteiger partial charge in [0.15, 0.2) is 5.82 Å². The van der Waals surface area contributed by atoms with E-state index >= 15 is 0 Å². The van der Waals surface area contributed by atoms with Crippen molar-refractivity contribution in [2.45, 2.75) is 0 Å². The van der Waals surface area contributed by atoms with Gasteiger partial charge in [-0.05, 0) is 17.7 Å². The average molecular weight is 300 g/mol. The van der Waals surface area contributed by atoms with E-state index in [4.69, 9.17) is 0 Å². The van der Waals surface area contributed by atoms with Gasteiger partial charge in [-0.2, -0.15) is 15.1 Å². The monoisotopic (exact) mass is 300 g/mol. The zero-order chi connectivity index (χ0) is 16.1. The van der Waals surface area contributed by atoms with Gasteiger partial charge in [-0.25, -0.2) is 0 Å². The minimum absolute atomic E-state index is 0.204. The van der Waals surface area contributed by atoms with Crippen LogP contribution in [0.5, 0.6) is 5.75 Å². The van der Waals surface area contributed by atoms with E-state index in [0.29, 0.717) is 11.8 Å². The maximum atomic E-state index is 9.41. The van der Waals surface area contributed by atoms with Crippen LogP contribution in [0.3, 0.4) is 0 Å². The highest BCUT2D eigenvalue weighted by Gasteiger charge is 2.07. The predicted octanol–water partition coefficient (Wildman–Crippen LogP) is 1.76. The molecule has 116 valence electrons. The molecule has 0 aliphatic heterocycles. The summed E-state index contributed by atoms with van der Waals surface area (Å²) in [6, 6.07) is 8.66. The van der Waals surface area contributed by atoms with Crippen LogP contribution in [0, 0.1) is 0 Å². The second-order valence-corrected chi connectivity index (χ2v) is 5.17. The zero-order valence-corrected chi connectivity index (χ0v) is 13.1. The number of aromatic hydroxyl groups is 1. The Kier molecular flexibility index (Phi) is 4.77. The summed E-state index contributed by atoms with van der Waals surface area (Å²) in [5.41, 5.74) is 3.68. The van der Waals surface area contributed by atoms with Crippen molar-refractivity contribution in [3.63, 3.8) is 0 Å². The maximum absolute atomic E-state index is 9.41. The third kappa shape index (κ3) is 4.08. The molecule has 7 nitrogen and oxygen atoms in total. The van der Waals surface area contributed by atoms with Gasteiger partial charge in [0.05, 0.1) is 6.21 Å². The molecule has 0 spiro atoms. The van der Waals surface area contributed by atoms with Crippen LogP contribution >= 0.6 is 0 Å². The van der Waals surface area contributed by atoms with E-state index in [1.54, 1.807) is 24.4 Å². The van der Waals surface area contributed by atoms with E-state index in [1.165, 1.54) is 0 Å². The molecular weight excluding hydrogens is 280 g/mol. The van der Waals surface area contributed by atoms with E-state index in [1.807, 2.05) is 50.1 Å². The molecule has 2 rings (SSSR count). The lowest BCUT2D eigenvalue weighted by molar-refractivity contribution is 0.475. The summed E-state index contributed by atoms with van der Waals surface area (Å²) in [6.45, 7) is 0. The molecular formula is C15H20N6O. The summed E-state index contributed by atoms with van der Waals surface area (Å²) < 4.78 is 0. The minimum atomic E-state index is 0.204. The van der Waals surface area contributed by atoms with Crippen molar-refractivity contribution >= 4 is 23.8 Å². The summed E-state index contributed by atoms with van der Waals surface area (Å²) in [4.78, 5) is 12.5. The Hall–Kier alpha value is -2.83. The van der Waals surface area contributed by atoms with Crippen LogP contribution in [-0.2, 0) is 0 Å². The van der Waals surface area contributed by atoms with Crippen LogP contribution in [0.1, 0.15) is 5.56 Å². The normalized spacial score (nSPS) is 10.7. The van der Waals surface area contributed by atoms with Crippen molar-refractivity contribution in [2.75, 3.05) is 43.4 Å². The van der Waals surface area contributed by atoms with Gasteiger partial charge in [0.1, 0.15) is 11.6 Å². The van der Waals surface area contributed by atoms with Crippen LogP contribution in [0.15, 0.2) is 35.4 Å². The molecule has 0 radical (unpaired) electrons. The van der Waals surface area contributed by atoms with E-state index in [9.17, 15) is 5.11 Å². The number of benzene rings is 1. The Morgan fingerprint density at radius 1 is 1.09 bits per heavy atom. The predicted molar refractivity (Wildman–Crippen MR) is 90.0 cm³/mol. The van der Waals surface area contributed by atoms with Crippen LogP contribution < -0.4 is 15.2 Å². The van der Waals surface area contributed by atoms with E-state index in [-0.39, 0.29) is 5.75 Å². The second kappa shape index (κ2) is 6.75. The Bertz CT molecular complexity index is 643. The van der Waals surface area contributed by atoms with Gasteiger partial charge >= 0.3 is 0 Å². The molecule has 2 aromatic rings. The highest BCUT2D eigenvalue weighted by atomic mass is 16.3. The molecule has 0 amide bonds. The summed E-state index contributed by atoms with van der Waals surface area (Å²) in [5.74, 6) is 2.18. The SMILES string of the molecule is CN(C)c1cc(N/N=C\c2cccc(O)c2)nc(N(C)C)n1. The highest BCUT2D eigenvalue weighted by Crippen LogP contribution is 2.17. The van der Waals surface area contributed by atoms with Crippen molar-refractivity contribution < 1.29 is 5.11 Å². The first-order chi connectivity index (χ1) is 10.5. The van der Waals surface area contributed by atoms with E-state index < -0.39 is 0 Å². The van der Waals surface area contributed by atoms with Gasteiger partial charge in [-0.3, -0.25) is 5.43 Å². The summed E-state index contributed by atoms with van der Waals surface area (Å²) >= 11 is 0. The number of anilines is 3. The van der Waals surface area contributed by atoms with Crippen molar-refractivity contribution in [1.82, 2.24) is 9.97 Å². The quantitative estimate of drug-likeness (QED) is 0.647. The van der Waals surface area contributed by atoms with Crippen LogP contribution in [-0.4, -0.2) is 49.5 Å². The lowest BCUT2D eigenvalue weighted by Gasteiger charge is -2.16. The van der Waals surface area contributed by atoms with Crippen molar-refractivity contribution in [1.29, 1.82) is 0 Å². The molecule has 2 N–H and O–H groups in total. The lowest BCUT2D eigenvalue weighted by atomic mass is 10.2. The van der Waals surface area contributed by atoms with Gasteiger partial charge < -0.3 is 14.9 Å². The summed E-state index contributed by atoms with van der Waals surface area (Å²) in [7, 11) is 7.60. The van der Waals surface area contributed by atoms with E-state index in [2.05, 4.69) is 20.5 Å². The number of hydrazone groups is 1. The van der Waals surface area contributed by atoms with Gasteiger partial charge in [-0.15, -0.1) is 0 Å². The van der Waals surface area contributed by atoms with Crippen LogP contribution in [0.4, 0.5) is 17.6 Å². The van der Waals surface area contributed by atoms with Crippen LogP contribution in [0.2, 0.25) is 0 Å². The van der Waals surface area contributed by atoms with Gasteiger partial charge in [0, 0.05) is 34.3 Å². The van der Waals surface area contributed by atoms with Crippen molar-refractivity contribution in [2.24, 2.45) is 5.10 Å². The molecule has 0 aliphatic carbocycles. The third-order valence-electron chi connectivity index (χ3n) is 2.82. The smallest absolute Gasteiger partial charge is 0.228 e. The standard InChI is InChI=1S/C15H20N6O/c1-20(2)14-9-13(17-15(18-14)21(3)4)19-16-10-11-6-5-7-12(22)8-11/h5-10,22H,1-4H3,(H,17,18,19)/b16-10-. The minimum Gasteiger partial charge on any atom is -0.508 e. The molecule has 0 unspecified atom stereocenters. The maximum Gasteiger partial charge on any atom is 0.228 e. The molecule has 1 aromatic heterocycles. The topological polar surface area (TPSA) is 76.9 Å². The highest BCUT2D eigenvalue weighted by molar-refractivity contribution is 5.80. The molecule has 0 aliphatic rings. The van der Waals surface area contributed by atoms with Crippen molar-refractivity contribution in [3.05, 3.63) is 35.9 Å². The Morgan fingerprint density at radius 2 is 1.86 bits per heavy atom. The summed E-state index contributed by atoms with van der Waals surface area (Å²) in [5, 5.41) is 13.6. The fraction of sp³-hybridized carbons (Fsp3) is 0.267. The van der Waals surface area contributed by atoms with Crippen molar-refractivity contribution in [3.8, 4) is 5.75 Å². The fourth-order valence-corrected chi connectivity index (χ4v) is 1.69. The second-order valence-electron chi connectivity index (χ2n) is 5.17. The lowest BCUT2D eigenvalue weighted by Crippen LogP contribution is -2.17. The molecule has 1 heterocycles. The molecule has 1 aromatic carbocycles. The number of nitrogens with one attached hydrogen (secondary N) is 1. The van der Waals surface area contributed by atoms with Gasteiger partial charge in [-0.1, -0.05) is 12.1 Å². The number of nitrogens with zero attached hydrogens (tertiary/aromatic N) is 5. The molecule has 0 fully saturated rings. The van der Waals surface area contributed by atoms with Gasteiger partial charge in [0.2, 0.25) is 5.95 Å². The Balaban J connectivity index is 2.18. The molecule has 7 heteroatoms. The number of phenols is 1. The fourth-order valence-electron chi connectivity index (χ4n) is 1.69.